The number of benzene rings is 1. The fourth-order valence-electron chi connectivity index (χ4n) is 2.00. The van der Waals surface area contributed by atoms with Gasteiger partial charge in [-0.05, 0) is 31.0 Å². The third-order valence-corrected chi connectivity index (χ3v) is 3.25. The van der Waals surface area contributed by atoms with Crippen LogP contribution in [-0.2, 0) is 21.5 Å². The molecule has 2 amide bonds. The molecule has 1 aromatic rings. The summed E-state index contributed by atoms with van der Waals surface area (Å²) in [6.07, 6.45) is 0. The standard InChI is InChI=1S/C13H17N3O2/c1-13(2)9-5-8(7-15-11(17)6-14)3-4-10(9)16-12(13)18/h3-5H,6-7,14H2,1-2H3,(H,15,17)(H,16,18). The lowest BCUT2D eigenvalue weighted by molar-refractivity contribution is -0.120. The van der Waals surface area contributed by atoms with Gasteiger partial charge in [-0.1, -0.05) is 12.1 Å². The van der Waals surface area contributed by atoms with Crippen LogP contribution >= 0.6 is 0 Å². The second-order valence-corrected chi connectivity index (χ2v) is 4.94. The Bertz CT molecular complexity index is 509. The second-order valence-electron chi connectivity index (χ2n) is 4.94. The molecule has 1 heterocycles. The summed E-state index contributed by atoms with van der Waals surface area (Å²) in [6, 6.07) is 5.70. The third-order valence-electron chi connectivity index (χ3n) is 3.25. The minimum atomic E-state index is -0.525. The first-order valence-corrected chi connectivity index (χ1v) is 5.87. The predicted molar refractivity (Wildman–Crippen MR) is 69.0 cm³/mol. The Morgan fingerprint density at radius 1 is 1.44 bits per heavy atom. The molecule has 0 atom stereocenters. The monoisotopic (exact) mass is 247 g/mol. The SMILES string of the molecule is CC1(C)C(=O)Nc2ccc(CNC(=O)CN)cc21. The lowest BCUT2D eigenvalue weighted by atomic mass is 9.85. The molecule has 0 saturated carbocycles. The first-order valence-electron chi connectivity index (χ1n) is 5.87. The first kappa shape index (κ1) is 12.6. The summed E-state index contributed by atoms with van der Waals surface area (Å²) in [7, 11) is 0. The smallest absolute Gasteiger partial charge is 0.234 e. The summed E-state index contributed by atoms with van der Waals surface area (Å²) in [5.74, 6) is -0.190. The molecule has 0 fully saturated rings. The van der Waals surface area contributed by atoms with E-state index >= 15 is 0 Å². The number of rotatable bonds is 3. The largest absolute Gasteiger partial charge is 0.351 e. The van der Waals surface area contributed by atoms with Gasteiger partial charge in [0.2, 0.25) is 11.8 Å². The van der Waals surface area contributed by atoms with E-state index in [4.69, 9.17) is 5.73 Å². The van der Waals surface area contributed by atoms with E-state index in [1.807, 2.05) is 32.0 Å². The van der Waals surface area contributed by atoms with Crippen molar-refractivity contribution in [3.63, 3.8) is 0 Å². The maximum absolute atomic E-state index is 11.8. The maximum atomic E-state index is 11.8. The van der Waals surface area contributed by atoms with Crippen molar-refractivity contribution in [2.24, 2.45) is 5.73 Å². The van der Waals surface area contributed by atoms with Crippen LogP contribution in [0.5, 0.6) is 0 Å². The van der Waals surface area contributed by atoms with Crippen molar-refractivity contribution in [3.05, 3.63) is 29.3 Å². The highest BCUT2D eigenvalue weighted by atomic mass is 16.2. The minimum Gasteiger partial charge on any atom is -0.351 e. The van der Waals surface area contributed by atoms with Crippen molar-refractivity contribution in [1.29, 1.82) is 0 Å². The summed E-state index contributed by atoms with van der Waals surface area (Å²) < 4.78 is 0. The van der Waals surface area contributed by atoms with Gasteiger partial charge in [-0.3, -0.25) is 9.59 Å². The molecule has 5 nitrogen and oxygen atoms in total. The average molecular weight is 247 g/mol. The Kier molecular flexibility index (Phi) is 3.09. The fraction of sp³-hybridized carbons (Fsp3) is 0.385. The van der Waals surface area contributed by atoms with Crippen LogP contribution in [-0.4, -0.2) is 18.4 Å². The zero-order valence-electron chi connectivity index (χ0n) is 10.5. The third kappa shape index (κ3) is 2.09. The Hall–Kier alpha value is -1.88. The number of nitrogens with one attached hydrogen (secondary N) is 2. The van der Waals surface area contributed by atoms with E-state index in [-0.39, 0.29) is 18.4 Å². The molecule has 0 bridgehead atoms. The van der Waals surface area contributed by atoms with Crippen LogP contribution in [0.4, 0.5) is 5.69 Å². The van der Waals surface area contributed by atoms with Crippen LogP contribution in [0.1, 0.15) is 25.0 Å². The summed E-state index contributed by atoms with van der Waals surface area (Å²) in [5, 5.41) is 5.55. The lowest BCUT2D eigenvalue weighted by Crippen LogP contribution is -2.30. The van der Waals surface area contributed by atoms with Gasteiger partial charge in [-0.15, -0.1) is 0 Å². The highest BCUT2D eigenvalue weighted by Gasteiger charge is 2.38. The van der Waals surface area contributed by atoms with Crippen molar-refractivity contribution in [2.75, 3.05) is 11.9 Å². The molecular formula is C13H17N3O2. The van der Waals surface area contributed by atoms with Gasteiger partial charge >= 0.3 is 0 Å². The Labute approximate surface area is 106 Å². The molecule has 0 saturated heterocycles. The molecule has 4 N–H and O–H groups in total. The van der Waals surface area contributed by atoms with Crippen LogP contribution < -0.4 is 16.4 Å². The van der Waals surface area contributed by atoms with Crippen molar-refractivity contribution in [1.82, 2.24) is 5.32 Å². The molecule has 1 aromatic carbocycles. The average Bonchev–Trinajstić information content (AvgIpc) is 2.57. The summed E-state index contributed by atoms with van der Waals surface area (Å²) in [5.41, 5.74) is 7.47. The summed E-state index contributed by atoms with van der Waals surface area (Å²) in [6.45, 7) is 4.18. The molecule has 96 valence electrons. The van der Waals surface area contributed by atoms with Gasteiger partial charge in [-0.25, -0.2) is 0 Å². The van der Waals surface area contributed by atoms with Crippen molar-refractivity contribution in [3.8, 4) is 0 Å². The molecule has 0 aliphatic carbocycles. The number of carbonyl (C=O) groups excluding carboxylic acids is 2. The Morgan fingerprint density at radius 3 is 2.83 bits per heavy atom. The Morgan fingerprint density at radius 2 is 2.17 bits per heavy atom. The van der Waals surface area contributed by atoms with Crippen molar-refractivity contribution < 1.29 is 9.59 Å². The summed E-state index contributed by atoms with van der Waals surface area (Å²) >= 11 is 0. The number of hydrogen-bond acceptors (Lipinski definition) is 3. The molecule has 1 aliphatic rings. The number of amides is 2. The quantitative estimate of drug-likeness (QED) is 0.727. The zero-order chi connectivity index (χ0) is 13.3. The molecule has 1 aliphatic heterocycles. The Balaban J connectivity index is 2.21. The van der Waals surface area contributed by atoms with Crippen LogP contribution in [0.25, 0.3) is 0 Å². The van der Waals surface area contributed by atoms with E-state index < -0.39 is 5.41 Å². The number of carbonyl (C=O) groups is 2. The van der Waals surface area contributed by atoms with Crippen LogP contribution in [0.2, 0.25) is 0 Å². The van der Waals surface area contributed by atoms with Crippen LogP contribution in [0.3, 0.4) is 0 Å². The van der Waals surface area contributed by atoms with Gasteiger partial charge in [0.25, 0.3) is 0 Å². The van der Waals surface area contributed by atoms with Gasteiger partial charge in [0, 0.05) is 12.2 Å². The molecule has 2 rings (SSSR count). The van der Waals surface area contributed by atoms with Gasteiger partial charge in [-0.2, -0.15) is 0 Å². The molecule has 18 heavy (non-hydrogen) atoms. The highest BCUT2D eigenvalue weighted by Crippen LogP contribution is 2.37. The maximum Gasteiger partial charge on any atom is 0.234 e. The van der Waals surface area contributed by atoms with E-state index in [9.17, 15) is 9.59 Å². The van der Waals surface area contributed by atoms with Crippen LogP contribution in [0.15, 0.2) is 18.2 Å². The normalized spacial score (nSPS) is 16.1. The molecule has 0 aromatic heterocycles. The molecule has 0 unspecified atom stereocenters. The first-order chi connectivity index (χ1) is 8.45. The van der Waals surface area contributed by atoms with Crippen LogP contribution in [0, 0.1) is 0 Å². The lowest BCUT2D eigenvalue weighted by Gasteiger charge is -2.16. The highest BCUT2D eigenvalue weighted by molar-refractivity contribution is 6.05. The van der Waals surface area contributed by atoms with Gasteiger partial charge < -0.3 is 16.4 Å². The zero-order valence-corrected chi connectivity index (χ0v) is 10.5. The van der Waals surface area contributed by atoms with E-state index in [1.54, 1.807) is 0 Å². The van der Waals surface area contributed by atoms with Gasteiger partial charge in [0.15, 0.2) is 0 Å². The number of hydrogen-bond donors (Lipinski definition) is 3. The van der Waals surface area contributed by atoms with Crippen molar-refractivity contribution >= 4 is 17.5 Å². The van der Waals surface area contributed by atoms with Gasteiger partial charge in [0.05, 0.1) is 12.0 Å². The van der Waals surface area contributed by atoms with E-state index in [0.29, 0.717) is 6.54 Å². The topological polar surface area (TPSA) is 84.2 Å². The minimum absolute atomic E-state index is 0.000596. The molecule has 0 radical (unpaired) electrons. The number of nitrogens with two attached hydrogens (primary N) is 1. The second kappa shape index (κ2) is 4.42. The number of fused-ring (bicyclic) bond motifs is 1. The van der Waals surface area contributed by atoms with E-state index in [0.717, 1.165) is 16.8 Å². The fourth-order valence-corrected chi connectivity index (χ4v) is 2.00. The molecule has 5 heteroatoms. The molecule has 0 spiro atoms. The number of anilines is 1. The van der Waals surface area contributed by atoms with Gasteiger partial charge in [0.1, 0.15) is 0 Å². The summed E-state index contributed by atoms with van der Waals surface area (Å²) in [4.78, 5) is 22.9. The van der Waals surface area contributed by atoms with E-state index in [2.05, 4.69) is 10.6 Å². The van der Waals surface area contributed by atoms with E-state index in [1.165, 1.54) is 0 Å². The predicted octanol–water partition coefficient (Wildman–Crippen LogP) is 0.491. The molecular weight excluding hydrogens is 230 g/mol. The van der Waals surface area contributed by atoms with Crippen molar-refractivity contribution in [2.45, 2.75) is 25.8 Å².